The Bertz CT molecular complexity index is 690. The minimum absolute atomic E-state index is 0.0188. The van der Waals surface area contributed by atoms with Gasteiger partial charge in [0.15, 0.2) is 0 Å². The molecule has 0 aliphatic heterocycles. The second-order valence-corrected chi connectivity index (χ2v) is 6.44. The molecule has 0 radical (unpaired) electrons. The van der Waals surface area contributed by atoms with E-state index < -0.39 is 10.0 Å². The Balaban J connectivity index is 2.04. The molecule has 1 aromatic heterocycles. The van der Waals surface area contributed by atoms with Crippen molar-refractivity contribution >= 4 is 27.3 Å². The van der Waals surface area contributed by atoms with Crippen LogP contribution in [-0.4, -0.2) is 24.3 Å². The van der Waals surface area contributed by atoms with Crippen LogP contribution in [0.1, 0.15) is 5.56 Å². The summed E-state index contributed by atoms with van der Waals surface area (Å²) in [7, 11) is -3.50. The number of hydrogen-bond donors (Lipinski definition) is 2. The van der Waals surface area contributed by atoms with Crippen molar-refractivity contribution in [3.8, 4) is 5.75 Å². The number of aromatic hydroxyl groups is 1. The second kappa shape index (κ2) is 6.11. The van der Waals surface area contributed by atoms with E-state index in [1.165, 1.54) is 18.2 Å². The molecule has 0 aliphatic carbocycles. The number of rotatable bonds is 5. The highest BCUT2D eigenvalue weighted by molar-refractivity contribution is 7.92. The third-order valence-corrected chi connectivity index (χ3v) is 4.21. The summed E-state index contributed by atoms with van der Waals surface area (Å²) < 4.78 is 26.3. The van der Waals surface area contributed by atoms with Gasteiger partial charge in [-0.2, -0.15) is 0 Å². The fourth-order valence-electron chi connectivity index (χ4n) is 1.61. The van der Waals surface area contributed by atoms with Crippen molar-refractivity contribution in [3.05, 3.63) is 53.3 Å². The number of nitrogens with one attached hydrogen (secondary N) is 1. The first kappa shape index (κ1) is 14.6. The zero-order valence-corrected chi connectivity index (χ0v) is 12.0. The molecule has 0 spiro atoms. The molecule has 106 valence electrons. The standard InChI is InChI=1S/C13H13ClN2O3S/c14-12-9-11(17)1-2-13(12)16-20(18,19)8-5-10-3-6-15-7-4-10/h1-4,6-7,9,16-17H,5,8H2. The molecule has 0 saturated heterocycles. The summed E-state index contributed by atoms with van der Waals surface area (Å²) in [6, 6.07) is 7.60. The van der Waals surface area contributed by atoms with E-state index in [4.69, 9.17) is 11.6 Å². The molecule has 0 atom stereocenters. The molecule has 0 saturated carbocycles. The van der Waals surface area contributed by atoms with Crippen molar-refractivity contribution in [1.82, 2.24) is 4.98 Å². The van der Waals surface area contributed by atoms with Gasteiger partial charge in [-0.1, -0.05) is 11.6 Å². The van der Waals surface area contributed by atoms with Crippen LogP contribution < -0.4 is 4.72 Å². The van der Waals surface area contributed by atoms with Crippen molar-refractivity contribution in [2.75, 3.05) is 10.5 Å². The Hall–Kier alpha value is -1.79. The number of aromatic nitrogens is 1. The molecule has 0 fully saturated rings. The summed E-state index contributed by atoms with van der Waals surface area (Å²) in [6.45, 7) is 0. The van der Waals surface area contributed by atoms with Crippen molar-refractivity contribution in [2.45, 2.75) is 6.42 Å². The third kappa shape index (κ3) is 4.11. The van der Waals surface area contributed by atoms with Crippen molar-refractivity contribution < 1.29 is 13.5 Å². The van der Waals surface area contributed by atoms with Gasteiger partial charge in [0.25, 0.3) is 0 Å². The predicted octanol–water partition coefficient (Wildman–Crippen LogP) is 2.42. The Kier molecular flexibility index (Phi) is 4.46. The van der Waals surface area contributed by atoms with Crippen LogP contribution in [0.25, 0.3) is 0 Å². The van der Waals surface area contributed by atoms with Gasteiger partial charge >= 0.3 is 0 Å². The largest absolute Gasteiger partial charge is 0.508 e. The molecule has 2 aromatic rings. The third-order valence-electron chi connectivity index (χ3n) is 2.63. The van der Waals surface area contributed by atoms with E-state index in [9.17, 15) is 13.5 Å². The topological polar surface area (TPSA) is 79.3 Å². The lowest BCUT2D eigenvalue weighted by molar-refractivity contribution is 0.475. The SMILES string of the molecule is O=S(=O)(CCc1ccncc1)Nc1ccc(O)cc1Cl. The Morgan fingerprint density at radius 1 is 1.20 bits per heavy atom. The Morgan fingerprint density at radius 3 is 2.55 bits per heavy atom. The number of benzene rings is 1. The maximum Gasteiger partial charge on any atom is 0.233 e. The fraction of sp³-hybridized carbons (Fsp3) is 0.154. The predicted molar refractivity (Wildman–Crippen MR) is 78.5 cm³/mol. The first-order chi connectivity index (χ1) is 9.46. The fourth-order valence-corrected chi connectivity index (χ4v) is 3.00. The van der Waals surface area contributed by atoms with Crippen LogP contribution in [-0.2, 0) is 16.4 Å². The molecule has 0 bridgehead atoms. The number of pyridine rings is 1. The van der Waals surface area contributed by atoms with Crippen LogP contribution in [0.15, 0.2) is 42.7 Å². The van der Waals surface area contributed by atoms with Crippen LogP contribution in [0.3, 0.4) is 0 Å². The average Bonchev–Trinajstić information content (AvgIpc) is 2.41. The first-order valence-corrected chi connectivity index (χ1v) is 7.87. The first-order valence-electron chi connectivity index (χ1n) is 5.84. The summed E-state index contributed by atoms with van der Waals surface area (Å²) in [5, 5.41) is 9.37. The van der Waals surface area contributed by atoms with E-state index in [1.807, 2.05) is 0 Å². The van der Waals surface area contributed by atoms with E-state index in [1.54, 1.807) is 24.5 Å². The normalized spacial score (nSPS) is 11.2. The van der Waals surface area contributed by atoms with Gasteiger partial charge in [-0.25, -0.2) is 8.42 Å². The number of hydrogen-bond acceptors (Lipinski definition) is 4. The summed E-state index contributed by atoms with van der Waals surface area (Å²) >= 11 is 5.86. The number of phenols is 1. The highest BCUT2D eigenvalue weighted by Gasteiger charge is 2.13. The molecule has 1 heterocycles. The lowest BCUT2D eigenvalue weighted by Crippen LogP contribution is -2.18. The minimum Gasteiger partial charge on any atom is -0.508 e. The van der Waals surface area contributed by atoms with Crippen molar-refractivity contribution in [1.29, 1.82) is 0 Å². The molecule has 7 heteroatoms. The number of sulfonamides is 1. The van der Waals surface area contributed by atoms with Gasteiger partial charge in [-0.15, -0.1) is 0 Å². The van der Waals surface area contributed by atoms with Crippen molar-refractivity contribution in [2.24, 2.45) is 0 Å². The van der Waals surface area contributed by atoms with Crippen LogP contribution in [0.2, 0.25) is 5.02 Å². The van der Waals surface area contributed by atoms with Gasteiger partial charge in [0.2, 0.25) is 10.0 Å². The van der Waals surface area contributed by atoms with Crippen molar-refractivity contribution in [3.63, 3.8) is 0 Å². The van der Waals surface area contributed by atoms with Gasteiger partial charge in [0.1, 0.15) is 5.75 Å². The second-order valence-electron chi connectivity index (χ2n) is 4.19. The summed E-state index contributed by atoms with van der Waals surface area (Å²) in [5.74, 6) is -0.0801. The van der Waals surface area contributed by atoms with E-state index in [0.717, 1.165) is 5.56 Å². The van der Waals surface area contributed by atoms with E-state index in [-0.39, 0.29) is 22.2 Å². The summed E-state index contributed by atoms with van der Waals surface area (Å²) in [6.07, 6.45) is 3.62. The molecular formula is C13H13ClN2O3S. The monoisotopic (exact) mass is 312 g/mol. The molecule has 20 heavy (non-hydrogen) atoms. The van der Waals surface area contributed by atoms with Gasteiger partial charge in [-0.3, -0.25) is 9.71 Å². The summed E-state index contributed by atoms with van der Waals surface area (Å²) in [4.78, 5) is 3.87. The average molecular weight is 313 g/mol. The number of halogens is 1. The van der Waals surface area contributed by atoms with Crippen LogP contribution >= 0.6 is 11.6 Å². The van der Waals surface area contributed by atoms with E-state index in [2.05, 4.69) is 9.71 Å². The number of aryl methyl sites for hydroxylation is 1. The molecule has 0 aliphatic rings. The smallest absolute Gasteiger partial charge is 0.233 e. The lowest BCUT2D eigenvalue weighted by Gasteiger charge is -2.09. The number of nitrogens with zero attached hydrogens (tertiary/aromatic N) is 1. The Labute approximate surface area is 122 Å². The number of phenolic OH excluding ortho intramolecular Hbond substituents is 1. The van der Waals surface area contributed by atoms with Crippen LogP contribution in [0, 0.1) is 0 Å². The van der Waals surface area contributed by atoms with E-state index in [0.29, 0.717) is 6.42 Å². The molecule has 0 amide bonds. The highest BCUT2D eigenvalue weighted by atomic mass is 35.5. The van der Waals surface area contributed by atoms with Gasteiger partial charge < -0.3 is 5.11 Å². The Morgan fingerprint density at radius 2 is 1.90 bits per heavy atom. The number of anilines is 1. The molecule has 0 unspecified atom stereocenters. The van der Waals surface area contributed by atoms with Gasteiger partial charge in [-0.05, 0) is 36.2 Å². The minimum atomic E-state index is -3.50. The lowest BCUT2D eigenvalue weighted by atomic mass is 10.2. The molecule has 5 nitrogen and oxygen atoms in total. The molecular weight excluding hydrogens is 300 g/mol. The molecule has 1 aromatic carbocycles. The van der Waals surface area contributed by atoms with Crippen LogP contribution in [0.4, 0.5) is 5.69 Å². The molecule has 2 rings (SSSR count). The van der Waals surface area contributed by atoms with Gasteiger partial charge in [0.05, 0.1) is 16.5 Å². The maximum absolute atomic E-state index is 12.0. The van der Waals surface area contributed by atoms with Gasteiger partial charge in [0, 0.05) is 18.5 Å². The zero-order chi connectivity index (χ0) is 14.6. The highest BCUT2D eigenvalue weighted by Crippen LogP contribution is 2.26. The zero-order valence-electron chi connectivity index (χ0n) is 10.5. The maximum atomic E-state index is 12.0. The van der Waals surface area contributed by atoms with E-state index >= 15 is 0 Å². The molecule has 2 N–H and O–H groups in total. The van der Waals surface area contributed by atoms with Crippen LogP contribution in [0.5, 0.6) is 5.75 Å². The summed E-state index contributed by atoms with van der Waals surface area (Å²) in [5.41, 5.74) is 1.14. The quantitative estimate of drug-likeness (QED) is 0.831.